The number of aromatic amines is 1. The van der Waals surface area contributed by atoms with Gasteiger partial charge in [0.15, 0.2) is 0 Å². The first-order chi connectivity index (χ1) is 8.63. The zero-order valence-electron chi connectivity index (χ0n) is 10.4. The molecular weight excluding hydrogens is 224 g/mol. The average molecular weight is 240 g/mol. The smallest absolute Gasteiger partial charge is 0.251 e. The topological polar surface area (TPSA) is 44.9 Å². The normalized spacial score (nSPS) is 14.7. The number of amides is 1. The number of fused-ring (bicyclic) bond motifs is 1. The van der Waals surface area contributed by atoms with Crippen molar-refractivity contribution < 1.29 is 4.79 Å². The number of rotatable bonds is 3. The lowest BCUT2D eigenvalue weighted by atomic mass is 10.1. The number of carbonyl (C=O) groups excluding carboxylic acids is 1. The van der Waals surface area contributed by atoms with Crippen molar-refractivity contribution in [1.29, 1.82) is 0 Å². The number of hydrogen-bond acceptors (Lipinski definition) is 1. The van der Waals surface area contributed by atoms with Crippen LogP contribution in [0, 0.1) is 0 Å². The highest BCUT2D eigenvalue weighted by atomic mass is 16.1. The van der Waals surface area contributed by atoms with Crippen molar-refractivity contribution in [2.45, 2.75) is 25.8 Å². The van der Waals surface area contributed by atoms with Crippen molar-refractivity contribution in [2.24, 2.45) is 0 Å². The van der Waals surface area contributed by atoms with Gasteiger partial charge >= 0.3 is 0 Å². The minimum atomic E-state index is 0.0193. The average Bonchev–Trinajstić information content (AvgIpc) is 3.04. The van der Waals surface area contributed by atoms with E-state index in [0.29, 0.717) is 11.6 Å². The molecule has 1 aromatic carbocycles. The zero-order chi connectivity index (χ0) is 12.7. The Morgan fingerprint density at radius 1 is 1.39 bits per heavy atom. The lowest BCUT2D eigenvalue weighted by Gasteiger charge is -2.02. The zero-order valence-corrected chi connectivity index (χ0v) is 10.4. The highest BCUT2D eigenvalue weighted by molar-refractivity contribution is 5.98. The van der Waals surface area contributed by atoms with Crippen molar-refractivity contribution in [3.8, 4) is 0 Å². The summed E-state index contributed by atoms with van der Waals surface area (Å²) in [5, 5.41) is 4.10. The third-order valence-electron chi connectivity index (χ3n) is 3.26. The Bertz CT molecular complexity index is 635. The molecular formula is C15H16N2O. The molecule has 18 heavy (non-hydrogen) atoms. The molecule has 2 N–H and O–H groups in total. The number of nitrogens with one attached hydrogen (secondary N) is 2. The number of hydrogen-bond donors (Lipinski definition) is 2. The molecule has 0 bridgehead atoms. The van der Waals surface area contributed by atoms with Crippen LogP contribution in [-0.4, -0.2) is 16.9 Å². The Hall–Kier alpha value is -2.03. The van der Waals surface area contributed by atoms with E-state index in [9.17, 15) is 4.79 Å². The van der Waals surface area contributed by atoms with Crippen LogP contribution in [0.4, 0.5) is 0 Å². The van der Waals surface area contributed by atoms with Crippen LogP contribution >= 0.6 is 0 Å². The van der Waals surface area contributed by atoms with Gasteiger partial charge in [-0.15, -0.1) is 0 Å². The van der Waals surface area contributed by atoms with Gasteiger partial charge in [0.1, 0.15) is 0 Å². The van der Waals surface area contributed by atoms with E-state index in [0.717, 1.165) is 35.0 Å². The summed E-state index contributed by atoms with van der Waals surface area (Å²) in [6.07, 6.45) is 2.21. The van der Waals surface area contributed by atoms with Gasteiger partial charge in [0, 0.05) is 28.2 Å². The lowest BCUT2D eigenvalue weighted by Crippen LogP contribution is -2.25. The van der Waals surface area contributed by atoms with Gasteiger partial charge in [-0.3, -0.25) is 4.79 Å². The molecule has 3 heteroatoms. The molecule has 3 rings (SSSR count). The summed E-state index contributed by atoms with van der Waals surface area (Å²) in [5.74, 6) is 0.0193. The summed E-state index contributed by atoms with van der Waals surface area (Å²) in [5.41, 5.74) is 3.71. The van der Waals surface area contributed by atoms with E-state index in [4.69, 9.17) is 0 Å². The van der Waals surface area contributed by atoms with Gasteiger partial charge in [-0.1, -0.05) is 12.6 Å². The van der Waals surface area contributed by atoms with Crippen LogP contribution in [0.3, 0.4) is 0 Å². The predicted octanol–water partition coefficient (Wildman–Crippen LogP) is 3.09. The minimum Gasteiger partial charge on any atom is -0.355 e. The summed E-state index contributed by atoms with van der Waals surface area (Å²) in [6.45, 7) is 5.88. The largest absolute Gasteiger partial charge is 0.355 e. The molecule has 1 aliphatic carbocycles. The van der Waals surface area contributed by atoms with Gasteiger partial charge in [0.2, 0.25) is 0 Å². The van der Waals surface area contributed by atoms with Gasteiger partial charge in [0.25, 0.3) is 5.91 Å². The second-order valence-corrected chi connectivity index (χ2v) is 5.01. The SMILES string of the molecule is C=C(C)c1cc2ccc(C(=O)NC3CC3)cc2[nH]1. The first kappa shape index (κ1) is 11.1. The number of H-pyrrole nitrogens is 1. The van der Waals surface area contributed by atoms with Crippen LogP contribution in [0.5, 0.6) is 0 Å². The number of allylic oxidation sites excluding steroid dienone is 1. The van der Waals surface area contributed by atoms with Crippen molar-refractivity contribution in [2.75, 3.05) is 0 Å². The quantitative estimate of drug-likeness (QED) is 0.850. The third kappa shape index (κ3) is 2.04. The molecule has 1 aromatic heterocycles. The Morgan fingerprint density at radius 2 is 2.17 bits per heavy atom. The van der Waals surface area contributed by atoms with Crippen LogP contribution in [0.15, 0.2) is 30.8 Å². The van der Waals surface area contributed by atoms with Crippen LogP contribution in [-0.2, 0) is 0 Å². The first-order valence-electron chi connectivity index (χ1n) is 6.23. The maximum absolute atomic E-state index is 11.9. The molecule has 0 atom stereocenters. The molecule has 1 fully saturated rings. The van der Waals surface area contributed by atoms with Gasteiger partial charge in [-0.2, -0.15) is 0 Å². The molecule has 3 nitrogen and oxygen atoms in total. The Balaban J connectivity index is 1.94. The van der Waals surface area contributed by atoms with Crippen LogP contribution < -0.4 is 5.32 Å². The Morgan fingerprint density at radius 3 is 2.83 bits per heavy atom. The van der Waals surface area contributed by atoms with Crippen molar-refractivity contribution in [3.05, 3.63) is 42.1 Å². The molecule has 2 aromatic rings. The van der Waals surface area contributed by atoms with E-state index >= 15 is 0 Å². The number of aromatic nitrogens is 1. The van der Waals surface area contributed by atoms with E-state index < -0.39 is 0 Å². The molecule has 0 spiro atoms. The standard InChI is InChI=1S/C15H16N2O/c1-9(2)13-7-10-3-4-11(8-14(10)17-13)15(18)16-12-5-6-12/h3-4,7-8,12,17H,1,5-6H2,2H3,(H,16,18). The van der Waals surface area contributed by atoms with Crippen LogP contribution in [0.1, 0.15) is 35.8 Å². The van der Waals surface area contributed by atoms with Crippen molar-refractivity contribution in [1.82, 2.24) is 10.3 Å². The van der Waals surface area contributed by atoms with Crippen LogP contribution in [0.25, 0.3) is 16.5 Å². The van der Waals surface area contributed by atoms with E-state index in [1.807, 2.05) is 25.1 Å². The van der Waals surface area contributed by atoms with Crippen molar-refractivity contribution >= 4 is 22.4 Å². The summed E-state index contributed by atoms with van der Waals surface area (Å²) < 4.78 is 0. The highest BCUT2D eigenvalue weighted by Gasteiger charge is 2.23. The number of carbonyl (C=O) groups is 1. The minimum absolute atomic E-state index is 0.0193. The van der Waals surface area contributed by atoms with E-state index in [2.05, 4.69) is 22.9 Å². The Kier molecular flexibility index (Phi) is 2.47. The van der Waals surface area contributed by atoms with Gasteiger partial charge in [0.05, 0.1) is 0 Å². The van der Waals surface area contributed by atoms with E-state index in [1.54, 1.807) is 0 Å². The summed E-state index contributed by atoms with van der Waals surface area (Å²) in [7, 11) is 0. The second-order valence-electron chi connectivity index (χ2n) is 5.01. The van der Waals surface area contributed by atoms with E-state index in [1.165, 1.54) is 0 Å². The maximum atomic E-state index is 11.9. The second kappa shape index (κ2) is 4.02. The van der Waals surface area contributed by atoms with Gasteiger partial charge < -0.3 is 10.3 Å². The van der Waals surface area contributed by atoms with Crippen molar-refractivity contribution in [3.63, 3.8) is 0 Å². The molecule has 0 unspecified atom stereocenters. The maximum Gasteiger partial charge on any atom is 0.251 e. The molecule has 0 radical (unpaired) electrons. The molecule has 1 saturated carbocycles. The predicted molar refractivity (Wildman–Crippen MR) is 73.5 cm³/mol. The van der Waals surface area contributed by atoms with E-state index in [-0.39, 0.29) is 5.91 Å². The highest BCUT2D eigenvalue weighted by Crippen LogP contribution is 2.22. The summed E-state index contributed by atoms with van der Waals surface area (Å²) in [6, 6.07) is 8.19. The third-order valence-corrected chi connectivity index (χ3v) is 3.26. The fourth-order valence-corrected chi connectivity index (χ4v) is 1.99. The summed E-state index contributed by atoms with van der Waals surface area (Å²) >= 11 is 0. The first-order valence-corrected chi connectivity index (χ1v) is 6.23. The van der Waals surface area contributed by atoms with Crippen LogP contribution in [0.2, 0.25) is 0 Å². The molecule has 0 saturated heterocycles. The number of benzene rings is 1. The summed E-state index contributed by atoms with van der Waals surface area (Å²) in [4.78, 5) is 15.2. The fourth-order valence-electron chi connectivity index (χ4n) is 1.99. The van der Waals surface area contributed by atoms with Gasteiger partial charge in [-0.25, -0.2) is 0 Å². The Labute approximate surface area is 106 Å². The molecule has 1 amide bonds. The lowest BCUT2D eigenvalue weighted by molar-refractivity contribution is 0.0951. The fraction of sp³-hybridized carbons (Fsp3) is 0.267. The monoisotopic (exact) mass is 240 g/mol. The molecule has 1 aliphatic rings. The molecule has 0 aliphatic heterocycles. The molecule has 1 heterocycles. The van der Waals surface area contributed by atoms with Gasteiger partial charge in [-0.05, 0) is 43.5 Å². The molecule has 92 valence electrons.